The van der Waals surface area contributed by atoms with Gasteiger partial charge in [0.25, 0.3) is 0 Å². The number of benzene rings is 2. The van der Waals surface area contributed by atoms with Crippen LogP contribution in [0.3, 0.4) is 0 Å². The van der Waals surface area contributed by atoms with Gasteiger partial charge in [0, 0.05) is 35.6 Å². The zero-order valence-corrected chi connectivity index (χ0v) is 13.5. The molecule has 0 unspecified atom stereocenters. The molecule has 0 fully saturated rings. The molecule has 4 nitrogen and oxygen atoms in total. The number of carbonyl (C=O) groups excluding carboxylic acids is 2. The van der Waals surface area contributed by atoms with Crippen LogP contribution in [0.4, 0.5) is 11.4 Å². The number of ketones is 1. The number of nitrogens with one attached hydrogen (secondary N) is 2. The molecule has 23 heavy (non-hydrogen) atoms. The van der Waals surface area contributed by atoms with Gasteiger partial charge in [-0.2, -0.15) is 0 Å². The highest BCUT2D eigenvalue weighted by atomic mass is 16.1. The lowest BCUT2D eigenvalue weighted by Crippen LogP contribution is -2.05. The largest absolute Gasteiger partial charge is 0.359 e. The van der Waals surface area contributed by atoms with Crippen molar-refractivity contribution in [1.29, 1.82) is 0 Å². The summed E-state index contributed by atoms with van der Waals surface area (Å²) in [6.07, 6.45) is 1.58. The third kappa shape index (κ3) is 5.11. The third-order valence-electron chi connectivity index (χ3n) is 3.23. The Kier molecular flexibility index (Phi) is 5.31. The van der Waals surface area contributed by atoms with Crippen molar-refractivity contribution >= 4 is 23.1 Å². The molecule has 0 heterocycles. The lowest BCUT2D eigenvalue weighted by molar-refractivity contribution is -0.114. The Hall–Kier alpha value is -2.88. The molecule has 0 aliphatic heterocycles. The molecular weight excluding hydrogens is 288 g/mol. The first-order valence-electron chi connectivity index (χ1n) is 7.38. The van der Waals surface area contributed by atoms with Crippen molar-refractivity contribution < 1.29 is 9.59 Å². The van der Waals surface area contributed by atoms with Crippen molar-refractivity contribution in [1.82, 2.24) is 0 Å². The molecule has 0 aliphatic carbocycles. The van der Waals surface area contributed by atoms with Crippen molar-refractivity contribution in [3.63, 3.8) is 0 Å². The van der Waals surface area contributed by atoms with Crippen LogP contribution in [0, 0.1) is 6.92 Å². The summed E-state index contributed by atoms with van der Waals surface area (Å²) < 4.78 is 0. The second-order valence-electron chi connectivity index (χ2n) is 5.44. The molecule has 2 aromatic rings. The maximum absolute atomic E-state index is 12.2. The van der Waals surface area contributed by atoms with Crippen molar-refractivity contribution in [3.8, 4) is 0 Å². The minimum atomic E-state index is -0.106. The molecule has 2 N–H and O–H groups in total. The van der Waals surface area contributed by atoms with Crippen molar-refractivity contribution in [2.45, 2.75) is 20.8 Å². The lowest BCUT2D eigenvalue weighted by Gasteiger charge is -2.08. The smallest absolute Gasteiger partial charge is 0.221 e. The van der Waals surface area contributed by atoms with E-state index < -0.39 is 0 Å². The predicted octanol–water partition coefficient (Wildman–Crippen LogP) is 4.15. The molecule has 0 atom stereocenters. The molecule has 0 saturated heterocycles. The lowest BCUT2D eigenvalue weighted by atomic mass is 10.1. The fourth-order valence-corrected chi connectivity index (χ4v) is 2.10. The molecule has 0 bridgehead atoms. The maximum atomic E-state index is 12.2. The summed E-state index contributed by atoms with van der Waals surface area (Å²) in [6, 6.07) is 14.8. The van der Waals surface area contributed by atoms with E-state index in [4.69, 9.17) is 0 Å². The highest BCUT2D eigenvalue weighted by Crippen LogP contribution is 2.15. The Morgan fingerprint density at radius 3 is 1.87 bits per heavy atom. The molecule has 0 aliphatic rings. The number of rotatable bonds is 5. The van der Waals surface area contributed by atoms with Crippen LogP contribution in [0.15, 0.2) is 60.3 Å². The van der Waals surface area contributed by atoms with E-state index in [9.17, 15) is 9.59 Å². The second-order valence-corrected chi connectivity index (χ2v) is 5.44. The standard InChI is InChI=1S/C19H20N2O2/c1-13-4-6-16(7-5-13)19(23)12-14(2)20-17-8-10-18(11-9-17)21-15(3)22/h4-12,20H,1-3H3,(H,21,22)/b14-12+. The SMILES string of the molecule is CC(=O)Nc1ccc(N/C(C)=C/C(=O)c2ccc(C)cc2)cc1. The van der Waals surface area contributed by atoms with Gasteiger partial charge in [-0.05, 0) is 38.1 Å². The molecule has 2 rings (SSSR count). The monoisotopic (exact) mass is 308 g/mol. The fourth-order valence-electron chi connectivity index (χ4n) is 2.10. The Labute approximate surface area is 136 Å². The molecule has 0 spiro atoms. The van der Waals surface area contributed by atoms with Gasteiger partial charge in [-0.25, -0.2) is 0 Å². The average molecular weight is 308 g/mol. The van der Waals surface area contributed by atoms with Gasteiger partial charge in [0.2, 0.25) is 5.91 Å². The first-order chi connectivity index (χ1) is 10.9. The summed E-state index contributed by atoms with van der Waals surface area (Å²) in [7, 11) is 0. The average Bonchev–Trinajstić information content (AvgIpc) is 2.49. The summed E-state index contributed by atoms with van der Waals surface area (Å²) in [6.45, 7) is 5.30. The van der Waals surface area contributed by atoms with Crippen molar-refractivity contribution in [3.05, 3.63) is 71.4 Å². The van der Waals surface area contributed by atoms with Crippen LogP contribution < -0.4 is 10.6 Å². The van der Waals surface area contributed by atoms with E-state index in [0.717, 1.165) is 22.6 Å². The number of allylic oxidation sites excluding steroid dienone is 2. The molecule has 1 amide bonds. The van der Waals surface area contributed by atoms with Crippen LogP contribution >= 0.6 is 0 Å². The highest BCUT2D eigenvalue weighted by molar-refractivity contribution is 6.05. The first kappa shape index (κ1) is 16.5. The Balaban J connectivity index is 2.02. The third-order valence-corrected chi connectivity index (χ3v) is 3.23. The highest BCUT2D eigenvalue weighted by Gasteiger charge is 2.03. The zero-order chi connectivity index (χ0) is 16.8. The van der Waals surface area contributed by atoms with Gasteiger partial charge < -0.3 is 10.6 Å². The molecule has 0 aromatic heterocycles. The van der Waals surface area contributed by atoms with Gasteiger partial charge in [0.15, 0.2) is 5.78 Å². The molecule has 0 radical (unpaired) electrons. The van der Waals surface area contributed by atoms with E-state index in [-0.39, 0.29) is 11.7 Å². The molecule has 4 heteroatoms. The Bertz CT molecular complexity index is 729. The van der Waals surface area contributed by atoms with Crippen molar-refractivity contribution in [2.24, 2.45) is 0 Å². The number of amides is 1. The maximum Gasteiger partial charge on any atom is 0.221 e. The van der Waals surface area contributed by atoms with Crippen LogP contribution in [0.5, 0.6) is 0 Å². The van der Waals surface area contributed by atoms with Crippen LogP contribution in [-0.4, -0.2) is 11.7 Å². The summed E-state index contributed by atoms with van der Waals surface area (Å²) in [5.41, 5.74) is 4.13. The van der Waals surface area contributed by atoms with Gasteiger partial charge >= 0.3 is 0 Å². The summed E-state index contributed by atoms with van der Waals surface area (Å²) in [5.74, 6) is -0.143. The summed E-state index contributed by atoms with van der Waals surface area (Å²) in [5, 5.41) is 5.87. The van der Waals surface area contributed by atoms with E-state index in [1.54, 1.807) is 18.2 Å². The van der Waals surface area contributed by atoms with E-state index in [1.165, 1.54) is 6.92 Å². The Morgan fingerprint density at radius 1 is 0.826 bits per heavy atom. The van der Waals surface area contributed by atoms with E-state index >= 15 is 0 Å². The van der Waals surface area contributed by atoms with Crippen LogP contribution in [-0.2, 0) is 4.79 Å². The molecule has 0 saturated carbocycles. The molecular formula is C19H20N2O2. The number of anilines is 2. The van der Waals surface area contributed by atoms with E-state index in [1.807, 2.05) is 50.2 Å². The Morgan fingerprint density at radius 2 is 1.35 bits per heavy atom. The van der Waals surface area contributed by atoms with Gasteiger partial charge in [-0.15, -0.1) is 0 Å². The van der Waals surface area contributed by atoms with Gasteiger partial charge in [-0.3, -0.25) is 9.59 Å². The van der Waals surface area contributed by atoms with Crippen LogP contribution in [0.25, 0.3) is 0 Å². The summed E-state index contributed by atoms with van der Waals surface area (Å²) >= 11 is 0. The summed E-state index contributed by atoms with van der Waals surface area (Å²) in [4.78, 5) is 23.1. The number of hydrogen-bond acceptors (Lipinski definition) is 3. The quantitative estimate of drug-likeness (QED) is 0.644. The zero-order valence-electron chi connectivity index (χ0n) is 13.5. The minimum Gasteiger partial charge on any atom is -0.359 e. The van der Waals surface area contributed by atoms with Crippen molar-refractivity contribution in [2.75, 3.05) is 10.6 Å². The van der Waals surface area contributed by atoms with Gasteiger partial charge in [0.1, 0.15) is 0 Å². The topological polar surface area (TPSA) is 58.2 Å². The van der Waals surface area contributed by atoms with Gasteiger partial charge in [0.05, 0.1) is 0 Å². The normalized spacial score (nSPS) is 11.0. The molecule has 2 aromatic carbocycles. The van der Waals surface area contributed by atoms with Gasteiger partial charge in [-0.1, -0.05) is 29.8 Å². The predicted molar refractivity (Wildman–Crippen MR) is 93.6 cm³/mol. The minimum absolute atomic E-state index is 0.0372. The van der Waals surface area contributed by atoms with Crippen LogP contribution in [0.1, 0.15) is 29.8 Å². The number of hydrogen-bond donors (Lipinski definition) is 2. The van der Waals surface area contributed by atoms with E-state index in [2.05, 4.69) is 10.6 Å². The van der Waals surface area contributed by atoms with E-state index in [0.29, 0.717) is 5.56 Å². The first-order valence-corrected chi connectivity index (χ1v) is 7.38. The second kappa shape index (κ2) is 7.40. The fraction of sp³-hybridized carbons (Fsp3) is 0.158. The molecule has 118 valence electrons. The van der Waals surface area contributed by atoms with Crippen LogP contribution in [0.2, 0.25) is 0 Å². The number of aryl methyl sites for hydroxylation is 1. The number of carbonyl (C=O) groups is 2.